The number of rotatable bonds is 10. The van der Waals surface area contributed by atoms with Crippen LogP contribution in [-0.2, 0) is 16.0 Å². The van der Waals surface area contributed by atoms with Crippen molar-refractivity contribution >= 4 is 15.9 Å². The molecule has 6 heteroatoms. The van der Waals surface area contributed by atoms with Crippen molar-refractivity contribution in [3.05, 3.63) is 22.2 Å². The first-order valence-electron chi connectivity index (χ1n) is 13.9. The molecule has 1 aromatic rings. The summed E-state index contributed by atoms with van der Waals surface area (Å²) in [6.07, 6.45) is 4.46. The summed E-state index contributed by atoms with van der Waals surface area (Å²) in [7, 11) is 3.14. The molecule has 0 unspecified atom stereocenters. The number of hydrogen-bond acceptors (Lipinski definition) is 4. The van der Waals surface area contributed by atoms with Gasteiger partial charge in [-0.1, -0.05) is 29.8 Å². The van der Waals surface area contributed by atoms with Gasteiger partial charge in [-0.05, 0) is 61.0 Å². The zero-order valence-electron chi connectivity index (χ0n) is 23.9. The van der Waals surface area contributed by atoms with Gasteiger partial charge in [0.15, 0.2) is 11.5 Å². The van der Waals surface area contributed by atoms with Crippen LogP contribution in [-0.4, -0.2) is 64.7 Å². The van der Waals surface area contributed by atoms with E-state index in [4.69, 9.17) is 24.4 Å². The lowest BCUT2D eigenvalue weighted by Gasteiger charge is -2.60. The number of quaternary nitrogens is 1. The summed E-state index contributed by atoms with van der Waals surface area (Å²) in [4.78, 5) is 0. The van der Waals surface area contributed by atoms with E-state index in [1.54, 1.807) is 14.2 Å². The summed E-state index contributed by atoms with van der Waals surface area (Å²) >= 11 is 3.60. The van der Waals surface area contributed by atoms with Crippen LogP contribution in [0.3, 0.4) is 0 Å². The Balaban J connectivity index is 1.51. The number of nitrogens with zero attached hydrogens (tertiary/aromatic N) is 1. The molecule has 5 nitrogen and oxygen atoms in total. The summed E-state index contributed by atoms with van der Waals surface area (Å²) < 4.78 is 58.6. The van der Waals surface area contributed by atoms with Gasteiger partial charge in [0, 0.05) is 16.6 Å². The van der Waals surface area contributed by atoms with E-state index in [0.29, 0.717) is 55.1 Å². The van der Waals surface area contributed by atoms with Gasteiger partial charge < -0.3 is 23.4 Å². The molecule has 1 heterocycles. The van der Waals surface area contributed by atoms with Crippen molar-refractivity contribution in [3.8, 4) is 11.5 Å². The van der Waals surface area contributed by atoms with E-state index >= 15 is 0 Å². The average Bonchev–Trinajstić information content (AvgIpc) is 2.85. The molecule has 3 atom stereocenters. The number of methoxy groups -OCH3 is 2. The number of hydrogen-bond donors (Lipinski definition) is 0. The third kappa shape index (κ3) is 4.98. The van der Waals surface area contributed by atoms with Crippen LogP contribution in [0.5, 0.6) is 11.5 Å². The highest BCUT2D eigenvalue weighted by atomic mass is 79.9. The molecule has 0 amide bonds. The maximum Gasteiger partial charge on any atom is 0.161 e. The maximum absolute atomic E-state index is 9.11. The van der Waals surface area contributed by atoms with Gasteiger partial charge in [0.2, 0.25) is 0 Å². The summed E-state index contributed by atoms with van der Waals surface area (Å²) in [5, 5.41) is 0. The Labute approximate surface area is 208 Å². The van der Waals surface area contributed by atoms with E-state index < -0.39 is 13.1 Å². The molecular weight excluding hydrogens is 470 g/mol. The Kier molecular flexibility index (Phi) is 6.21. The SMILES string of the molecule is [2H]C([2H])(OCC[C@H]1CC[C@@H]2C[C@H]1C2(C)C)C([2H])([2H])[N+]1(Cc2cc(OC)c(OC)cc2Br)CCOCC1. The molecule has 32 heavy (non-hydrogen) atoms. The number of benzene rings is 1. The molecule has 3 saturated carbocycles. The molecule has 0 aromatic heterocycles. The second-order valence-electron chi connectivity index (χ2n) is 10.2. The Bertz CT molecular complexity index is 937. The number of fused-ring (bicyclic) bond motifs is 2. The Morgan fingerprint density at radius 2 is 1.88 bits per heavy atom. The second-order valence-corrected chi connectivity index (χ2v) is 11.1. The second kappa shape index (κ2) is 10.2. The molecule has 3 aliphatic carbocycles. The highest BCUT2D eigenvalue weighted by molar-refractivity contribution is 9.10. The minimum absolute atomic E-state index is 0.130. The minimum Gasteiger partial charge on any atom is -0.493 e. The average molecular weight is 516 g/mol. The van der Waals surface area contributed by atoms with Gasteiger partial charge in [0.25, 0.3) is 0 Å². The molecule has 5 rings (SSSR count). The first-order valence-corrected chi connectivity index (χ1v) is 12.7. The van der Waals surface area contributed by atoms with Crippen LogP contribution in [0.15, 0.2) is 16.6 Å². The van der Waals surface area contributed by atoms with Crippen LogP contribution < -0.4 is 9.47 Å². The van der Waals surface area contributed by atoms with Crippen molar-refractivity contribution in [3.63, 3.8) is 0 Å². The van der Waals surface area contributed by atoms with Crippen molar-refractivity contribution in [2.45, 2.75) is 46.1 Å². The zero-order valence-corrected chi connectivity index (χ0v) is 21.5. The van der Waals surface area contributed by atoms with Crippen LogP contribution in [0.2, 0.25) is 0 Å². The smallest absolute Gasteiger partial charge is 0.161 e. The van der Waals surface area contributed by atoms with E-state index in [0.717, 1.165) is 22.4 Å². The quantitative estimate of drug-likeness (QED) is 0.397. The minimum atomic E-state index is -2.46. The molecule has 2 bridgehead atoms. The standard InChI is InChI=1S/C26H41BrNO4/c1-26(2)21-6-5-19(22(26)16-21)7-11-31-12-8-28(9-13-32-14-10-28)18-20-15-24(29-3)25(30-4)17-23(20)27/h15,17,19,21-22H,5-14,16,18H2,1-4H3/q+1/t19-,21-,22-/m1/s1/i8D2,12D2. The lowest BCUT2D eigenvalue weighted by Crippen LogP contribution is -2.56. The van der Waals surface area contributed by atoms with Crippen LogP contribution in [0, 0.1) is 23.2 Å². The summed E-state index contributed by atoms with van der Waals surface area (Å²) in [6, 6.07) is 3.64. The lowest BCUT2D eigenvalue weighted by molar-refractivity contribution is -0.947. The Hall–Kier alpha value is -0.820. The largest absolute Gasteiger partial charge is 0.493 e. The van der Waals surface area contributed by atoms with Crippen molar-refractivity contribution in [1.82, 2.24) is 0 Å². The van der Waals surface area contributed by atoms with Crippen LogP contribution in [0.1, 0.15) is 50.6 Å². The third-order valence-corrected chi connectivity index (χ3v) is 9.04. The van der Waals surface area contributed by atoms with Gasteiger partial charge in [-0.15, -0.1) is 0 Å². The first-order chi connectivity index (χ1) is 16.9. The van der Waals surface area contributed by atoms with Crippen molar-refractivity contribution < 1.29 is 28.9 Å². The zero-order chi connectivity index (χ0) is 26.4. The van der Waals surface area contributed by atoms with E-state index in [1.165, 1.54) is 19.3 Å². The number of halogens is 1. The number of morpholine rings is 1. The molecule has 4 fully saturated rings. The molecule has 4 aliphatic rings. The van der Waals surface area contributed by atoms with Gasteiger partial charge in [0.05, 0.1) is 39.5 Å². The third-order valence-electron chi connectivity index (χ3n) is 8.30. The van der Waals surface area contributed by atoms with Crippen molar-refractivity contribution in [2.24, 2.45) is 23.2 Å². The van der Waals surface area contributed by atoms with E-state index in [9.17, 15) is 0 Å². The topological polar surface area (TPSA) is 36.9 Å². The summed E-state index contributed by atoms with van der Waals surface area (Å²) in [6.45, 7) is 1.86. The van der Waals surface area contributed by atoms with E-state index in [1.807, 2.05) is 12.1 Å². The summed E-state index contributed by atoms with van der Waals surface area (Å²) in [5.41, 5.74) is 1.19. The summed E-state index contributed by atoms with van der Waals surface area (Å²) in [5.74, 6) is 3.15. The predicted octanol–water partition coefficient (Wildman–Crippen LogP) is 5.29. The van der Waals surface area contributed by atoms with Gasteiger partial charge in [-0.2, -0.15) is 0 Å². The van der Waals surface area contributed by atoms with Gasteiger partial charge >= 0.3 is 0 Å². The molecule has 1 saturated heterocycles. The highest BCUT2D eigenvalue weighted by Gasteiger charge is 2.53. The molecule has 1 aliphatic heterocycles. The van der Waals surface area contributed by atoms with Gasteiger partial charge in [-0.3, -0.25) is 0 Å². The Morgan fingerprint density at radius 1 is 1.16 bits per heavy atom. The first kappa shape index (κ1) is 19.5. The molecule has 0 N–H and O–H groups in total. The van der Waals surface area contributed by atoms with Crippen LogP contribution in [0.4, 0.5) is 0 Å². The molecule has 0 spiro atoms. The Morgan fingerprint density at radius 3 is 2.53 bits per heavy atom. The molecule has 1 aromatic carbocycles. The maximum atomic E-state index is 9.11. The number of ether oxygens (including phenoxy) is 4. The van der Waals surface area contributed by atoms with E-state index in [-0.39, 0.29) is 17.6 Å². The van der Waals surface area contributed by atoms with Crippen LogP contribution >= 0.6 is 15.9 Å². The fourth-order valence-electron chi connectivity index (χ4n) is 6.04. The lowest BCUT2D eigenvalue weighted by atomic mass is 9.45. The van der Waals surface area contributed by atoms with Crippen molar-refractivity contribution in [2.75, 3.05) is 60.2 Å². The van der Waals surface area contributed by atoms with Gasteiger partial charge in [0.1, 0.15) is 26.1 Å². The molecular formula is C26H41BrNO4+. The van der Waals surface area contributed by atoms with Crippen LogP contribution in [0.25, 0.3) is 0 Å². The van der Waals surface area contributed by atoms with Gasteiger partial charge in [-0.25, -0.2) is 0 Å². The fourth-order valence-corrected chi connectivity index (χ4v) is 6.49. The van der Waals surface area contributed by atoms with Crippen molar-refractivity contribution in [1.29, 1.82) is 0 Å². The molecule has 180 valence electrons. The predicted molar refractivity (Wildman–Crippen MR) is 130 cm³/mol. The normalized spacial score (nSPS) is 30.8. The van der Waals surface area contributed by atoms with E-state index in [2.05, 4.69) is 29.8 Å². The highest BCUT2D eigenvalue weighted by Crippen LogP contribution is 2.61. The molecule has 0 radical (unpaired) electrons. The monoisotopic (exact) mass is 514 g/mol. The fraction of sp³-hybridized carbons (Fsp3) is 0.769.